The van der Waals surface area contributed by atoms with E-state index in [1.807, 2.05) is 5.32 Å². The first-order chi connectivity index (χ1) is 8.60. The van der Waals surface area contributed by atoms with E-state index in [2.05, 4.69) is 15.9 Å². The van der Waals surface area contributed by atoms with E-state index in [0.29, 0.717) is 0 Å². The van der Waals surface area contributed by atoms with Crippen LogP contribution in [0.25, 0.3) is 0 Å². The van der Waals surface area contributed by atoms with Gasteiger partial charge in [-0.05, 0) is 26.8 Å². The molecule has 0 atom stereocenters. The first kappa shape index (κ1) is 15.4. The fourth-order valence-electron chi connectivity index (χ4n) is 1.23. The van der Waals surface area contributed by atoms with Crippen molar-refractivity contribution in [3.8, 4) is 0 Å². The summed E-state index contributed by atoms with van der Waals surface area (Å²) in [4.78, 5) is 21.5. The molecule has 1 aromatic rings. The van der Waals surface area contributed by atoms with Crippen molar-refractivity contribution < 1.29 is 18.8 Å². The Hall–Kier alpha value is -1.70. The van der Waals surface area contributed by atoms with Crippen LogP contribution in [0.3, 0.4) is 0 Å². The van der Waals surface area contributed by atoms with Gasteiger partial charge in [-0.25, -0.2) is 9.18 Å². The highest BCUT2D eigenvalue weighted by molar-refractivity contribution is 9.10. The zero-order valence-corrected chi connectivity index (χ0v) is 12.1. The molecule has 0 aliphatic carbocycles. The Bertz CT molecular complexity index is 528. The summed E-state index contributed by atoms with van der Waals surface area (Å²) in [6.07, 6.45) is -0.961. The molecule has 1 aromatic carbocycles. The molecule has 6 nitrogen and oxygen atoms in total. The molecule has 0 bridgehead atoms. The van der Waals surface area contributed by atoms with Gasteiger partial charge in [0.1, 0.15) is 5.60 Å². The number of halogens is 2. The average Bonchev–Trinajstić information content (AvgIpc) is 2.18. The van der Waals surface area contributed by atoms with Crippen LogP contribution in [-0.4, -0.2) is 16.6 Å². The number of amides is 1. The van der Waals surface area contributed by atoms with E-state index >= 15 is 0 Å². The lowest BCUT2D eigenvalue weighted by Crippen LogP contribution is -2.27. The van der Waals surface area contributed by atoms with Crippen LogP contribution < -0.4 is 5.32 Å². The molecule has 0 fully saturated rings. The standard InChI is InChI=1S/C11H12BrFN2O4/c1-11(2,3)19-10(16)14-9-7(13)4-6(12)5-8(9)15(17)18/h4-5H,1-3H3,(H,14,16). The maximum absolute atomic E-state index is 13.7. The van der Waals surface area contributed by atoms with Crippen LogP contribution in [0, 0.1) is 15.9 Å². The van der Waals surface area contributed by atoms with Crippen LogP contribution in [0.15, 0.2) is 16.6 Å². The molecule has 0 saturated carbocycles. The summed E-state index contributed by atoms with van der Waals surface area (Å²) in [5.74, 6) is -0.924. The van der Waals surface area contributed by atoms with Gasteiger partial charge in [0, 0.05) is 10.5 Å². The number of ether oxygens (including phenoxy) is 1. The van der Waals surface area contributed by atoms with Gasteiger partial charge in [-0.1, -0.05) is 15.9 Å². The zero-order valence-electron chi connectivity index (χ0n) is 10.5. The van der Waals surface area contributed by atoms with E-state index in [1.54, 1.807) is 20.8 Å². The number of hydrogen-bond acceptors (Lipinski definition) is 4. The molecule has 104 valence electrons. The monoisotopic (exact) mass is 334 g/mol. The molecule has 1 amide bonds. The number of hydrogen-bond donors (Lipinski definition) is 1. The van der Waals surface area contributed by atoms with E-state index in [9.17, 15) is 19.3 Å². The second kappa shape index (κ2) is 5.52. The van der Waals surface area contributed by atoms with Crippen LogP contribution in [-0.2, 0) is 4.74 Å². The lowest BCUT2D eigenvalue weighted by atomic mass is 10.2. The smallest absolute Gasteiger partial charge is 0.412 e. The van der Waals surface area contributed by atoms with Gasteiger partial charge in [0.25, 0.3) is 5.69 Å². The fourth-order valence-corrected chi connectivity index (χ4v) is 1.65. The number of anilines is 1. The molecule has 0 aliphatic heterocycles. The third-order valence-corrected chi connectivity index (χ3v) is 2.31. The number of nitrogens with one attached hydrogen (secondary N) is 1. The minimum atomic E-state index is -0.961. The molecule has 0 heterocycles. The topological polar surface area (TPSA) is 81.5 Å². The summed E-state index contributed by atoms with van der Waals surface area (Å²) in [6.45, 7) is 4.87. The predicted octanol–water partition coefficient (Wildman–Crippen LogP) is 3.84. The van der Waals surface area contributed by atoms with Crippen LogP contribution >= 0.6 is 15.9 Å². The average molecular weight is 335 g/mol. The highest BCUT2D eigenvalue weighted by Crippen LogP contribution is 2.31. The third-order valence-electron chi connectivity index (χ3n) is 1.86. The number of rotatable bonds is 2. The fraction of sp³-hybridized carbons (Fsp3) is 0.364. The molecular weight excluding hydrogens is 323 g/mol. The van der Waals surface area contributed by atoms with E-state index in [4.69, 9.17) is 4.74 Å². The van der Waals surface area contributed by atoms with Crippen LogP contribution in [0.2, 0.25) is 0 Å². The normalized spacial score (nSPS) is 11.0. The maximum Gasteiger partial charge on any atom is 0.412 e. The number of carbonyl (C=O) groups excluding carboxylic acids is 1. The van der Waals surface area contributed by atoms with E-state index < -0.39 is 33.8 Å². The van der Waals surface area contributed by atoms with Crippen LogP contribution in [0.4, 0.5) is 20.6 Å². The van der Waals surface area contributed by atoms with Gasteiger partial charge >= 0.3 is 6.09 Å². The highest BCUT2D eigenvalue weighted by Gasteiger charge is 2.24. The van der Waals surface area contributed by atoms with Crippen molar-refractivity contribution in [2.24, 2.45) is 0 Å². The van der Waals surface area contributed by atoms with Crippen molar-refractivity contribution >= 4 is 33.4 Å². The van der Waals surface area contributed by atoms with Gasteiger partial charge < -0.3 is 4.74 Å². The number of carbonyl (C=O) groups is 1. The van der Waals surface area contributed by atoms with Crippen molar-refractivity contribution in [1.82, 2.24) is 0 Å². The number of nitro groups is 1. The Morgan fingerprint density at radius 2 is 2.05 bits per heavy atom. The third kappa shape index (κ3) is 4.47. The Labute approximate surface area is 117 Å². The second-order valence-corrected chi connectivity index (χ2v) is 5.58. The Kier molecular flexibility index (Phi) is 4.46. The number of benzene rings is 1. The molecule has 0 spiro atoms. The van der Waals surface area contributed by atoms with Gasteiger partial charge in [-0.15, -0.1) is 0 Å². The lowest BCUT2D eigenvalue weighted by Gasteiger charge is -2.19. The van der Waals surface area contributed by atoms with E-state index in [-0.39, 0.29) is 4.47 Å². The molecule has 0 saturated heterocycles. The SMILES string of the molecule is CC(C)(C)OC(=O)Nc1c(F)cc(Br)cc1[N+](=O)[O-]. The van der Waals surface area contributed by atoms with Gasteiger partial charge in [0.05, 0.1) is 4.92 Å². The summed E-state index contributed by atoms with van der Waals surface area (Å²) >= 11 is 2.94. The molecule has 8 heteroatoms. The van der Waals surface area contributed by atoms with Crippen molar-refractivity contribution in [2.45, 2.75) is 26.4 Å². The molecule has 0 aromatic heterocycles. The molecule has 0 aliphatic rings. The summed E-state index contributed by atoms with van der Waals surface area (Å²) in [5.41, 5.74) is -1.87. The van der Waals surface area contributed by atoms with Gasteiger partial charge in [0.2, 0.25) is 0 Å². The summed E-state index contributed by atoms with van der Waals surface area (Å²) in [6, 6.07) is 2.11. The predicted molar refractivity (Wildman–Crippen MR) is 70.6 cm³/mol. The van der Waals surface area contributed by atoms with Gasteiger partial charge in [-0.3, -0.25) is 15.4 Å². The van der Waals surface area contributed by atoms with E-state index in [1.165, 1.54) is 0 Å². The highest BCUT2D eigenvalue weighted by atomic mass is 79.9. The van der Waals surface area contributed by atoms with Crippen molar-refractivity contribution in [1.29, 1.82) is 0 Å². The first-order valence-electron chi connectivity index (χ1n) is 5.23. The molecule has 1 N–H and O–H groups in total. The number of nitrogens with zero attached hydrogens (tertiary/aromatic N) is 1. The van der Waals surface area contributed by atoms with Crippen molar-refractivity contribution in [2.75, 3.05) is 5.32 Å². The quantitative estimate of drug-likeness (QED) is 0.657. The maximum atomic E-state index is 13.7. The number of nitro benzene ring substituents is 1. The second-order valence-electron chi connectivity index (χ2n) is 4.67. The minimum absolute atomic E-state index is 0.200. The molecule has 0 unspecified atom stereocenters. The lowest BCUT2D eigenvalue weighted by molar-refractivity contribution is -0.384. The van der Waals surface area contributed by atoms with Crippen molar-refractivity contribution in [3.05, 3.63) is 32.5 Å². The Balaban J connectivity index is 3.07. The summed E-state index contributed by atoms with van der Waals surface area (Å²) < 4.78 is 18.8. The summed E-state index contributed by atoms with van der Waals surface area (Å²) in [5, 5.41) is 12.9. The summed E-state index contributed by atoms with van der Waals surface area (Å²) in [7, 11) is 0. The van der Waals surface area contributed by atoms with Crippen LogP contribution in [0.5, 0.6) is 0 Å². The molecular formula is C11H12BrFN2O4. The molecule has 19 heavy (non-hydrogen) atoms. The minimum Gasteiger partial charge on any atom is -0.444 e. The van der Waals surface area contributed by atoms with Gasteiger partial charge in [0.15, 0.2) is 11.5 Å². The zero-order chi connectivity index (χ0) is 14.8. The first-order valence-corrected chi connectivity index (χ1v) is 6.03. The van der Waals surface area contributed by atoms with E-state index in [0.717, 1.165) is 12.1 Å². The molecule has 1 rings (SSSR count). The van der Waals surface area contributed by atoms with Crippen molar-refractivity contribution in [3.63, 3.8) is 0 Å². The van der Waals surface area contributed by atoms with Crippen LogP contribution in [0.1, 0.15) is 20.8 Å². The molecule has 0 radical (unpaired) electrons. The Morgan fingerprint density at radius 1 is 1.47 bits per heavy atom. The Morgan fingerprint density at radius 3 is 2.53 bits per heavy atom. The largest absolute Gasteiger partial charge is 0.444 e. The van der Waals surface area contributed by atoms with Gasteiger partial charge in [-0.2, -0.15) is 0 Å².